The molecule has 0 spiro atoms. The predicted molar refractivity (Wildman–Crippen MR) is 134 cm³/mol. The van der Waals surface area contributed by atoms with E-state index in [-0.39, 0.29) is 11.1 Å². The molecule has 0 fully saturated rings. The fourth-order valence-corrected chi connectivity index (χ4v) is 5.84. The Morgan fingerprint density at radius 3 is 2.62 bits per heavy atom. The topological polar surface area (TPSA) is 86.6 Å². The maximum atomic E-state index is 13.5. The molecule has 0 saturated carbocycles. The Hall–Kier alpha value is -3.76. The van der Waals surface area contributed by atoms with Crippen molar-refractivity contribution in [2.45, 2.75) is 24.8 Å². The van der Waals surface area contributed by atoms with Gasteiger partial charge in [-0.3, -0.25) is 18.4 Å². The first-order valence-corrected chi connectivity index (χ1v) is 12.4. The van der Waals surface area contributed by atoms with Crippen LogP contribution in [0.15, 0.2) is 74.7 Å². The maximum absolute atomic E-state index is 13.5. The Morgan fingerprint density at radius 2 is 1.76 bits per heavy atom. The van der Waals surface area contributed by atoms with Gasteiger partial charge in [-0.25, -0.2) is 9.55 Å². The standard InChI is InChI=1S/C24H18N6O2S2/c1-14-7-3-5-9-18(14)29-21(32)17-8-4-6-10-19(17)30-22(29)26-27-24(30)34-13-16-11-20(31)28-15(2)12-33-23(28)25-16/h3-12H,13H2,1-2H3. The second-order valence-corrected chi connectivity index (χ2v) is 9.71. The Morgan fingerprint density at radius 1 is 0.971 bits per heavy atom. The summed E-state index contributed by atoms with van der Waals surface area (Å²) in [6.07, 6.45) is 0. The molecule has 4 aromatic heterocycles. The second-order valence-electron chi connectivity index (χ2n) is 7.93. The molecule has 34 heavy (non-hydrogen) atoms. The number of aromatic nitrogens is 6. The molecule has 0 saturated heterocycles. The van der Waals surface area contributed by atoms with E-state index in [1.54, 1.807) is 15.0 Å². The molecule has 0 amide bonds. The molecule has 0 bridgehead atoms. The van der Waals surface area contributed by atoms with Crippen molar-refractivity contribution in [1.29, 1.82) is 0 Å². The molecule has 0 aliphatic rings. The summed E-state index contributed by atoms with van der Waals surface area (Å²) in [5.41, 5.74) is 3.77. The molecule has 0 aliphatic heterocycles. The fourth-order valence-electron chi connectivity index (χ4n) is 4.12. The van der Waals surface area contributed by atoms with Crippen LogP contribution in [-0.2, 0) is 5.75 Å². The van der Waals surface area contributed by atoms with Crippen LogP contribution in [0.1, 0.15) is 17.0 Å². The minimum atomic E-state index is -0.144. The molecule has 0 atom stereocenters. The van der Waals surface area contributed by atoms with E-state index in [2.05, 4.69) is 15.2 Å². The number of aryl methyl sites for hydroxylation is 2. The third-order valence-corrected chi connectivity index (χ3v) is 7.64. The Kier molecular flexibility index (Phi) is 4.85. The lowest BCUT2D eigenvalue weighted by atomic mass is 10.2. The van der Waals surface area contributed by atoms with Crippen molar-refractivity contribution in [3.63, 3.8) is 0 Å². The van der Waals surface area contributed by atoms with Crippen molar-refractivity contribution in [2.24, 2.45) is 0 Å². The summed E-state index contributed by atoms with van der Waals surface area (Å²) in [7, 11) is 0. The minimum absolute atomic E-state index is 0.0932. The molecule has 0 radical (unpaired) electrons. The molecule has 168 valence electrons. The van der Waals surface area contributed by atoms with E-state index >= 15 is 0 Å². The third kappa shape index (κ3) is 3.17. The van der Waals surface area contributed by atoms with Crippen molar-refractivity contribution in [1.82, 2.24) is 28.5 Å². The zero-order valence-corrected chi connectivity index (χ0v) is 19.9. The predicted octanol–water partition coefficient (Wildman–Crippen LogP) is 4.01. The summed E-state index contributed by atoms with van der Waals surface area (Å²) in [4.78, 5) is 31.3. The van der Waals surface area contributed by atoms with Crippen LogP contribution in [0, 0.1) is 13.8 Å². The first-order valence-electron chi connectivity index (χ1n) is 10.6. The van der Waals surface area contributed by atoms with Gasteiger partial charge >= 0.3 is 0 Å². The largest absolute Gasteiger partial charge is 0.269 e. The number of benzene rings is 2. The number of nitrogens with zero attached hydrogens (tertiary/aromatic N) is 6. The third-order valence-electron chi connectivity index (χ3n) is 5.73. The molecular weight excluding hydrogens is 468 g/mol. The van der Waals surface area contributed by atoms with E-state index in [1.165, 1.54) is 23.1 Å². The van der Waals surface area contributed by atoms with Gasteiger partial charge in [-0.2, -0.15) is 0 Å². The van der Waals surface area contributed by atoms with Gasteiger partial charge in [0.15, 0.2) is 10.1 Å². The average Bonchev–Trinajstić information content (AvgIpc) is 3.43. The fraction of sp³-hybridized carbons (Fsp3) is 0.125. The van der Waals surface area contributed by atoms with Crippen molar-refractivity contribution in [3.05, 3.63) is 97.6 Å². The molecule has 6 aromatic rings. The zero-order chi connectivity index (χ0) is 23.4. The Labute approximate surface area is 201 Å². The highest BCUT2D eigenvalue weighted by atomic mass is 32.2. The van der Waals surface area contributed by atoms with Crippen LogP contribution < -0.4 is 11.1 Å². The van der Waals surface area contributed by atoms with Crippen molar-refractivity contribution in [3.8, 4) is 5.69 Å². The van der Waals surface area contributed by atoms with Gasteiger partial charge in [-0.15, -0.1) is 21.5 Å². The molecule has 0 aliphatic carbocycles. The molecule has 10 heteroatoms. The summed E-state index contributed by atoms with van der Waals surface area (Å²) in [5, 5.41) is 11.9. The average molecular weight is 487 g/mol. The monoisotopic (exact) mass is 486 g/mol. The van der Waals surface area contributed by atoms with Crippen LogP contribution in [0.4, 0.5) is 0 Å². The number of thioether (sulfide) groups is 1. The first kappa shape index (κ1) is 20.8. The Bertz CT molecular complexity index is 1850. The van der Waals surface area contributed by atoms with E-state index in [4.69, 9.17) is 0 Å². The molecule has 2 aromatic carbocycles. The van der Waals surface area contributed by atoms with Crippen molar-refractivity contribution >= 4 is 44.7 Å². The normalized spacial score (nSPS) is 11.7. The van der Waals surface area contributed by atoms with Gasteiger partial charge in [0.2, 0.25) is 5.78 Å². The lowest BCUT2D eigenvalue weighted by molar-refractivity contribution is 0.926. The molecule has 8 nitrogen and oxygen atoms in total. The SMILES string of the molecule is Cc1ccccc1-n1c(=O)c2ccccc2n2c(SCc3cc(=O)n4c(C)csc4n3)nnc12. The van der Waals surface area contributed by atoms with E-state index in [9.17, 15) is 9.59 Å². The van der Waals surface area contributed by atoms with E-state index < -0.39 is 0 Å². The van der Waals surface area contributed by atoms with Gasteiger partial charge < -0.3 is 0 Å². The minimum Gasteiger partial charge on any atom is -0.269 e. The van der Waals surface area contributed by atoms with Gasteiger partial charge in [-0.1, -0.05) is 42.1 Å². The van der Waals surface area contributed by atoms with E-state index in [0.717, 1.165) is 22.5 Å². The quantitative estimate of drug-likeness (QED) is 0.350. The van der Waals surface area contributed by atoms with Gasteiger partial charge in [-0.05, 0) is 37.6 Å². The van der Waals surface area contributed by atoms with Crippen molar-refractivity contribution < 1.29 is 0 Å². The zero-order valence-electron chi connectivity index (χ0n) is 18.3. The van der Waals surface area contributed by atoms with Crippen LogP contribution in [-0.4, -0.2) is 28.5 Å². The second kappa shape index (κ2) is 7.93. The first-order chi connectivity index (χ1) is 16.5. The number of thiazole rings is 1. The molecular formula is C24H18N6O2S2. The number of rotatable bonds is 4. The summed E-state index contributed by atoms with van der Waals surface area (Å²) in [6, 6.07) is 16.7. The van der Waals surface area contributed by atoms with Crippen LogP contribution in [0.2, 0.25) is 0 Å². The smallest absolute Gasteiger partial charge is 0.267 e. The highest BCUT2D eigenvalue weighted by Gasteiger charge is 2.19. The van der Waals surface area contributed by atoms with E-state index in [1.807, 2.05) is 72.2 Å². The summed E-state index contributed by atoms with van der Waals surface area (Å²) >= 11 is 2.87. The lowest BCUT2D eigenvalue weighted by Gasteiger charge is -2.13. The molecule has 4 heterocycles. The Balaban J connectivity index is 1.51. The van der Waals surface area contributed by atoms with Crippen molar-refractivity contribution in [2.75, 3.05) is 0 Å². The summed E-state index contributed by atoms with van der Waals surface area (Å²) < 4.78 is 5.12. The summed E-state index contributed by atoms with van der Waals surface area (Å²) in [5.74, 6) is 0.888. The van der Waals surface area contributed by atoms with E-state index in [0.29, 0.717) is 32.7 Å². The number of para-hydroxylation sites is 2. The van der Waals surface area contributed by atoms with Crippen LogP contribution in [0.25, 0.3) is 27.3 Å². The molecule has 0 unspecified atom stereocenters. The van der Waals surface area contributed by atoms with Gasteiger partial charge in [0.25, 0.3) is 11.1 Å². The van der Waals surface area contributed by atoms with Gasteiger partial charge in [0.05, 0.1) is 22.3 Å². The lowest BCUT2D eigenvalue weighted by Crippen LogP contribution is -2.22. The van der Waals surface area contributed by atoms with Gasteiger partial charge in [0, 0.05) is 22.9 Å². The molecule has 0 N–H and O–H groups in total. The summed E-state index contributed by atoms with van der Waals surface area (Å²) in [6.45, 7) is 3.86. The molecule has 6 rings (SSSR count). The van der Waals surface area contributed by atoms with Crippen LogP contribution in [0.3, 0.4) is 0 Å². The number of fused-ring (bicyclic) bond motifs is 4. The van der Waals surface area contributed by atoms with Gasteiger partial charge in [0.1, 0.15) is 0 Å². The van der Waals surface area contributed by atoms with Crippen LogP contribution >= 0.6 is 23.1 Å². The highest BCUT2D eigenvalue weighted by Crippen LogP contribution is 2.26. The maximum Gasteiger partial charge on any atom is 0.267 e. The number of hydrogen-bond acceptors (Lipinski definition) is 7. The highest BCUT2D eigenvalue weighted by molar-refractivity contribution is 7.98. The van der Waals surface area contributed by atoms with Crippen LogP contribution in [0.5, 0.6) is 0 Å². The number of hydrogen-bond donors (Lipinski definition) is 0.